The van der Waals surface area contributed by atoms with E-state index in [2.05, 4.69) is 270 Å². The van der Waals surface area contributed by atoms with Crippen LogP contribution in [-0.2, 0) is 32.5 Å². The molecule has 458 valence electrons. The smallest absolute Gasteiger partial charge is 0.269 e. The van der Waals surface area contributed by atoms with Crippen molar-refractivity contribution in [2.24, 2.45) is 0 Å². The monoisotopic (exact) mass is 1200 g/mol. The SMILES string of the molecule is [2H]C([2H])([2H])c1cccc(C([2H])([2H])[2H])c1-c1cc(C(C)(C)C)cc2c1-[n+]1[c-]n(-c3cccc(Oc4ccc5c6ccccc6n(-c6cc(C(C)(C)C)ccn6)c5c4)c3)c3cc(-c4cc(C(C)(C)C)cc(C(C)(C)C)c4)cc(c31)-c1ccccc1-c1cc3c(cc1-2)C(C)(C)CCC3(C)C. The lowest BCUT2D eigenvalue weighted by Crippen LogP contribution is -2.34. The molecule has 0 saturated carbocycles. The van der Waals surface area contributed by atoms with E-state index in [9.17, 15) is 8.22 Å². The highest BCUT2D eigenvalue weighted by Crippen LogP contribution is 2.54. The van der Waals surface area contributed by atoms with Crippen molar-refractivity contribution in [1.29, 1.82) is 0 Å². The summed E-state index contributed by atoms with van der Waals surface area (Å²) in [6.07, 6.45) is 7.94. The second-order valence-corrected chi connectivity index (χ2v) is 31.4. The van der Waals surface area contributed by atoms with E-state index in [4.69, 9.17) is 9.72 Å². The van der Waals surface area contributed by atoms with Crippen LogP contribution in [-0.4, -0.2) is 14.1 Å². The first kappa shape index (κ1) is 52.9. The fourth-order valence-electron chi connectivity index (χ4n) is 14.3. The van der Waals surface area contributed by atoms with Crippen LogP contribution in [0.4, 0.5) is 0 Å². The number of nitrogens with zero attached hydrogens (tertiary/aromatic N) is 4. The molecule has 3 aromatic heterocycles. The predicted octanol–water partition coefficient (Wildman–Crippen LogP) is 22.8. The van der Waals surface area contributed by atoms with E-state index in [1.54, 1.807) is 18.2 Å². The minimum atomic E-state index is -2.71. The molecule has 0 saturated heterocycles. The number of imidazole rings is 1. The lowest BCUT2D eigenvalue weighted by Gasteiger charge is -2.42. The molecule has 14 rings (SSSR count). The van der Waals surface area contributed by atoms with Gasteiger partial charge in [0.05, 0.1) is 33.4 Å². The quantitative estimate of drug-likeness (QED) is 0.123. The van der Waals surface area contributed by atoms with E-state index < -0.39 is 19.1 Å². The van der Waals surface area contributed by atoms with Crippen molar-refractivity contribution in [2.75, 3.05) is 0 Å². The number of pyridine rings is 1. The molecule has 0 bridgehead atoms. The van der Waals surface area contributed by atoms with Crippen molar-refractivity contribution >= 4 is 32.8 Å². The van der Waals surface area contributed by atoms with Gasteiger partial charge in [-0.15, -0.1) is 0 Å². The van der Waals surface area contributed by atoms with Gasteiger partial charge in [-0.2, -0.15) is 0 Å². The maximum absolute atomic E-state index is 9.30. The van der Waals surface area contributed by atoms with Crippen LogP contribution in [0.25, 0.3) is 106 Å². The van der Waals surface area contributed by atoms with Gasteiger partial charge >= 0.3 is 0 Å². The highest BCUT2D eigenvalue weighted by atomic mass is 16.5. The van der Waals surface area contributed by atoms with Gasteiger partial charge in [0, 0.05) is 31.3 Å². The third-order valence-electron chi connectivity index (χ3n) is 19.9. The number of ether oxygens (including phenoxy) is 1. The van der Waals surface area contributed by atoms with Crippen molar-refractivity contribution < 1.29 is 17.5 Å². The molecule has 0 atom stereocenters. The lowest BCUT2D eigenvalue weighted by molar-refractivity contribution is -0.570. The standard InChI is InChI=1S/C86H88N4O/c1-52-25-23-26-53(2)78(52)71-45-59(84(12,13)14)44-70-68-50-73-72(85(15,16)36-37-86(73,17)18)49-67(68)63-29-19-20-30-64(63)69-41-55(54-39-57(82(6,7)8)43-58(40-54)83(9,10)11)42-76-80(69)89(79(70)71)51-88(76)60-27-24-28-61(47-60)91-62-33-34-66-65-31-21-22-32-74(65)90(75(66)48-62)77-46-56(35-38-87-77)81(3,4)5/h19-35,38-50H,36-37H2,1-18H3/i1D3,2D3. The molecule has 0 N–H and O–H groups in total. The van der Waals surface area contributed by atoms with Crippen molar-refractivity contribution in [3.63, 3.8) is 0 Å². The van der Waals surface area contributed by atoms with Crippen LogP contribution < -0.4 is 9.30 Å². The summed E-state index contributed by atoms with van der Waals surface area (Å²) in [7, 11) is 0. The number of rotatable bonds is 6. The molecule has 12 aromatic rings. The average molecular weight is 1200 g/mol. The van der Waals surface area contributed by atoms with Crippen LogP contribution in [0, 0.1) is 20.0 Å². The van der Waals surface area contributed by atoms with Crippen molar-refractivity contribution in [3.05, 3.63) is 233 Å². The molecule has 5 nitrogen and oxygen atoms in total. The van der Waals surface area contributed by atoms with E-state index in [1.165, 1.54) is 27.8 Å². The van der Waals surface area contributed by atoms with Crippen LogP contribution in [0.3, 0.4) is 0 Å². The molecular formula is C86H88N4O. The summed E-state index contributed by atoms with van der Waals surface area (Å²) in [4.78, 5) is 4.97. The van der Waals surface area contributed by atoms with E-state index in [-0.39, 0.29) is 43.8 Å². The molecule has 0 fully saturated rings. The number of fused-ring (bicyclic) bond motifs is 11. The molecule has 5 heteroatoms. The van der Waals surface area contributed by atoms with Gasteiger partial charge in [-0.3, -0.25) is 13.7 Å². The van der Waals surface area contributed by atoms with Gasteiger partial charge in [0.1, 0.15) is 17.3 Å². The fourth-order valence-corrected chi connectivity index (χ4v) is 14.3. The first-order valence-corrected chi connectivity index (χ1v) is 32.5. The first-order chi connectivity index (χ1) is 45.3. The summed E-state index contributed by atoms with van der Waals surface area (Å²) in [5, 5.41) is 2.20. The van der Waals surface area contributed by atoms with Crippen LogP contribution in [0.2, 0.25) is 0 Å². The minimum absolute atomic E-state index is 0.0376. The van der Waals surface area contributed by atoms with Crippen molar-refractivity contribution in [3.8, 4) is 84.3 Å². The Bertz CT molecular complexity index is 5150. The Labute approximate surface area is 548 Å². The number of benzene rings is 9. The van der Waals surface area contributed by atoms with Gasteiger partial charge in [0.2, 0.25) is 0 Å². The normalized spacial score (nSPS) is 15.8. The fraction of sp³-hybridized carbons (Fsp3) is 0.302. The summed E-state index contributed by atoms with van der Waals surface area (Å²) in [6.45, 7) is 30.9. The van der Waals surface area contributed by atoms with Gasteiger partial charge in [0.15, 0.2) is 0 Å². The topological polar surface area (TPSA) is 35.9 Å². The molecule has 0 spiro atoms. The van der Waals surface area contributed by atoms with Gasteiger partial charge in [-0.1, -0.05) is 220 Å². The largest absolute Gasteiger partial charge is 0.458 e. The lowest BCUT2D eigenvalue weighted by atomic mass is 9.62. The van der Waals surface area contributed by atoms with E-state index in [0.29, 0.717) is 22.7 Å². The predicted molar refractivity (Wildman–Crippen MR) is 383 cm³/mol. The van der Waals surface area contributed by atoms with E-state index >= 15 is 0 Å². The van der Waals surface area contributed by atoms with Gasteiger partial charge in [-0.25, -0.2) is 4.98 Å². The summed E-state index contributed by atoms with van der Waals surface area (Å²) in [5.41, 5.74) is 19.3. The van der Waals surface area contributed by atoms with Crippen molar-refractivity contribution in [1.82, 2.24) is 14.1 Å². The second-order valence-electron chi connectivity index (χ2n) is 31.4. The van der Waals surface area contributed by atoms with Gasteiger partial charge in [0.25, 0.3) is 6.33 Å². The van der Waals surface area contributed by atoms with Gasteiger partial charge < -0.3 is 4.74 Å². The van der Waals surface area contributed by atoms with Gasteiger partial charge in [-0.05, 0) is 220 Å². The Kier molecular flexibility index (Phi) is 12.1. The number of aromatic nitrogens is 4. The Hall–Kier alpha value is -8.80. The molecule has 91 heavy (non-hydrogen) atoms. The summed E-state index contributed by atoms with van der Waals surface area (Å²) < 4.78 is 69.4. The van der Waals surface area contributed by atoms with Crippen LogP contribution in [0.1, 0.15) is 176 Å². The van der Waals surface area contributed by atoms with Crippen LogP contribution in [0.5, 0.6) is 11.5 Å². The Balaban J connectivity index is 1.12. The highest BCUT2D eigenvalue weighted by Gasteiger charge is 2.40. The number of aryl methyl sites for hydroxylation is 2. The molecule has 9 aromatic carbocycles. The third-order valence-corrected chi connectivity index (χ3v) is 19.9. The Morgan fingerprint density at radius 2 is 1.02 bits per heavy atom. The summed E-state index contributed by atoms with van der Waals surface area (Å²) in [5.74, 6) is 2.07. The van der Waals surface area contributed by atoms with Crippen LogP contribution in [0.15, 0.2) is 182 Å². The maximum Gasteiger partial charge on any atom is 0.269 e. The molecular weight excluding hydrogens is 1100 g/mol. The Morgan fingerprint density at radius 1 is 0.462 bits per heavy atom. The van der Waals surface area contributed by atoms with Crippen molar-refractivity contribution in [2.45, 2.75) is 170 Å². The first-order valence-electron chi connectivity index (χ1n) is 35.5. The molecule has 1 aliphatic carbocycles. The van der Waals surface area contributed by atoms with Crippen LogP contribution >= 0.6 is 0 Å². The number of hydrogen-bond donors (Lipinski definition) is 0. The number of hydrogen-bond acceptors (Lipinski definition) is 2. The summed E-state index contributed by atoms with van der Waals surface area (Å²) in [6, 6.07) is 61.7. The summed E-state index contributed by atoms with van der Waals surface area (Å²) >= 11 is 0. The minimum Gasteiger partial charge on any atom is -0.458 e. The second kappa shape index (κ2) is 20.9. The molecule has 4 heterocycles. The zero-order valence-electron chi connectivity index (χ0n) is 61.9. The van der Waals surface area contributed by atoms with E-state index in [0.717, 1.165) is 107 Å². The zero-order valence-corrected chi connectivity index (χ0v) is 55.9. The molecule has 0 radical (unpaired) electrons. The number of para-hydroxylation sites is 1. The molecule has 1 aliphatic heterocycles. The zero-order chi connectivity index (χ0) is 69.2. The molecule has 0 amide bonds. The average Bonchev–Trinajstić information content (AvgIpc) is 1.54. The van der Waals surface area contributed by atoms with E-state index in [1.807, 2.05) is 24.4 Å². The maximum atomic E-state index is 9.30. The third kappa shape index (κ3) is 10.2. The highest BCUT2D eigenvalue weighted by molar-refractivity contribution is 6.10. The molecule has 2 aliphatic rings. The Morgan fingerprint density at radius 3 is 1.67 bits per heavy atom. The molecule has 0 unspecified atom stereocenters.